The topological polar surface area (TPSA) is 153 Å². The second-order valence-electron chi connectivity index (χ2n) is 9.01. The molecule has 6 rings (SSSR count). The molecular weight excluding hydrogens is 490 g/mol. The minimum absolute atomic E-state index is 0.0653. The van der Waals surface area contributed by atoms with E-state index in [2.05, 4.69) is 15.3 Å². The monoisotopic (exact) mass is 513 g/mol. The SMILES string of the molecule is Cc1cc(C(=O)N2CCc3cc(-c4ccccc4S(N)(=O)=O)ccc32)n(-c2ccc3[nH]nc(N)c3c2)n1. The summed E-state index contributed by atoms with van der Waals surface area (Å²) in [7, 11) is -3.89. The van der Waals surface area contributed by atoms with Gasteiger partial charge in [-0.3, -0.25) is 9.89 Å². The molecule has 10 nitrogen and oxygen atoms in total. The fourth-order valence-corrected chi connectivity index (χ4v) is 5.64. The Morgan fingerprint density at radius 1 is 1.05 bits per heavy atom. The molecule has 3 aromatic carbocycles. The zero-order valence-electron chi connectivity index (χ0n) is 19.8. The average molecular weight is 514 g/mol. The Morgan fingerprint density at radius 3 is 2.68 bits per heavy atom. The van der Waals surface area contributed by atoms with E-state index in [0.717, 1.165) is 27.7 Å². The predicted octanol–water partition coefficient (Wildman–Crippen LogP) is 3.16. The fraction of sp³-hybridized carbons (Fsp3) is 0.115. The van der Waals surface area contributed by atoms with Gasteiger partial charge >= 0.3 is 0 Å². The molecule has 37 heavy (non-hydrogen) atoms. The highest BCUT2D eigenvalue weighted by molar-refractivity contribution is 7.89. The molecule has 0 aliphatic carbocycles. The normalized spacial score (nSPS) is 13.3. The molecule has 1 aliphatic heterocycles. The molecule has 11 heteroatoms. The highest BCUT2D eigenvalue weighted by Crippen LogP contribution is 2.35. The molecule has 0 saturated heterocycles. The molecule has 0 radical (unpaired) electrons. The summed E-state index contributed by atoms with van der Waals surface area (Å²) < 4.78 is 25.8. The van der Waals surface area contributed by atoms with Crippen LogP contribution >= 0.6 is 0 Å². The second kappa shape index (κ2) is 8.29. The van der Waals surface area contributed by atoms with Crippen molar-refractivity contribution in [3.63, 3.8) is 0 Å². The van der Waals surface area contributed by atoms with Gasteiger partial charge in [0.2, 0.25) is 10.0 Å². The average Bonchev–Trinajstić information content (AvgIpc) is 3.59. The van der Waals surface area contributed by atoms with Crippen LogP contribution in [0, 0.1) is 6.92 Å². The number of hydrogen-bond acceptors (Lipinski definition) is 6. The molecule has 0 fully saturated rings. The Bertz CT molecular complexity index is 1820. The molecule has 3 heterocycles. The number of nitrogens with zero attached hydrogens (tertiary/aromatic N) is 4. The fourth-order valence-electron chi connectivity index (χ4n) is 4.87. The number of carbonyl (C=O) groups excluding carboxylic acids is 1. The maximum atomic E-state index is 13.8. The van der Waals surface area contributed by atoms with E-state index in [1.165, 1.54) is 6.07 Å². The number of carbonyl (C=O) groups is 1. The largest absolute Gasteiger partial charge is 0.382 e. The first-order chi connectivity index (χ1) is 17.7. The molecule has 2 aromatic heterocycles. The summed E-state index contributed by atoms with van der Waals surface area (Å²) in [5.41, 5.74) is 11.6. The number of benzene rings is 3. The van der Waals surface area contributed by atoms with Crippen LogP contribution in [0.1, 0.15) is 21.7 Å². The van der Waals surface area contributed by atoms with Gasteiger partial charge in [-0.2, -0.15) is 10.2 Å². The van der Waals surface area contributed by atoms with Gasteiger partial charge in [0.1, 0.15) is 5.69 Å². The Labute approximate surface area is 212 Å². The number of fused-ring (bicyclic) bond motifs is 2. The number of primary sulfonamides is 1. The number of amides is 1. The van der Waals surface area contributed by atoms with Crippen LogP contribution in [-0.4, -0.2) is 40.8 Å². The number of nitrogens with one attached hydrogen (secondary N) is 1. The minimum atomic E-state index is -3.89. The van der Waals surface area contributed by atoms with E-state index in [4.69, 9.17) is 10.9 Å². The van der Waals surface area contributed by atoms with Crippen LogP contribution in [0.2, 0.25) is 0 Å². The quantitative estimate of drug-likeness (QED) is 0.336. The van der Waals surface area contributed by atoms with Gasteiger partial charge in [-0.05, 0) is 66.9 Å². The predicted molar refractivity (Wildman–Crippen MR) is 141 cm³/mol. The molecule has 1 aliphatic rings. The number of rotatable bonds is 4. The van der Waals surface area contributed by atoms with Gasteiger partial charge in [0.05, 0.1) is 21.8 Å². The maximum Gasteiger partial charge on any atom is 0.277 e. The number of H-pyrrole nitrogens is 1. The van der Waals surface area contributed by atoms with E-state index in [-0.39, 0.29) is 10.8 Å². The van der Waals surface area contributed by atoms with Crippen molar-refractivity contribution in [1.29, 1.82) is 0 Å². The van der Waals surface area contributed by atoms with Crippen LogP contribution in [0.3, 0.4) is 0 Å². The number of nitrogens with two attached hydrogens (primary N) is 2. The summed E-state index contributed by atoms with van der Waals surface area (Å²) in [4.78, 5) is 15.6. The third-order valence-electron chi connectivity index (χ3n) is 6.60. The Kier molecular flexibility index (Phi) is 5.14. The van der Waals surface area contributed by atoms with Crippen molar-refractivity contribution < 1.29 is 13.2 Å². The standard InChI is InChI=1S/C26H23N7O3S/c1-15-12-23(33(31-15)18-7-8-21-20(14-18)25(27)30-29-21)26(34)32-11-10-17-13-16(6-9-22(17)32)19-4-2-3-5-24(19)37(28,35)36/h2-9,12-14H,10-11H2,1H3,(H3,27,29,30)(H2,28,35,36). The number of aromatic nitrogens is 4. The molecular formula is C26H23N7O3S. The van der Waals surface area contributed by atoms with Crippen molar-refractivity contribution in [2.45, 2.75) is 18.2 Å². The summed E-state index contributed by atoms with van der Waals surface area (Å²) in [6, 6.07) is 19.5. The van der Waals surface area contributed by atoms with E-state index >= 15 is 0 Å². The number of nitrogen functional groups attached to an aromatic ring is 1. The molecule has 0 saturated carbocycles. The van der Waals surface area contributed by atoms with E-state index in [9.17, 15) is 13.2 Å². The van der Waals surface area contributed by atoms with Gasteiger partial charge in [-0.1, -0.05) is 24.3 Å². The van der Waals surface area contributed by atoms with Crippen molar-refractivity contribution in [3.05, 3.63) is 83.7 Å². The van der Waals surface area contributed by atoms with E-state index in [0.29, 0.717) is 41.4 Å². The minimum Gasteiger partial charge on any atom is -0.382 e. The van der Waals surface area contributed by atoms with Gasteiger partial charge in [-0.15, -0.1) is 0 Å². The van der Waals surface area contributed by atoms with E-state index in [1.54, 1.807) is 33.8 Å². The first kappa shape index (κ1) is 23.0. The number of aryl methyl sites for hydroxylation is 1. The molecule has 5 aromatic rings. The molecule has 1 amide bonds. The van der Waals surface area contributed by atoms with Crippen molar-refractivity contribution >= 4 is 38.3 Å². The molecule has 0 spiro atoms. The number of hydrogen-bond donors (Lipinski definition) is 3. The zero-order valence-corrected chi connectivity index (χ0v) is 20.7. The lowest BCUT2D eigenvalue weighted by atomic mass is 10.0. The lowest BCUT2D eigenvalue weighted by molar-refractivity contribution is 0.0982. The van der Waals surface area contributed by atoms with Crippen molar-refractivity contribution in [1.82, 2.24) is 20.0 Å². The molecule has 0 unspecified atom stereocenters. The number of sulfonamides is 1. The van der Waals surface area contributed by atoms with Crippen LogP contribution in [0.4, 0.5) is 11.5 Å². The summed E-state index contributed by atoms with van der Waals surface area (Å²) in [5, 5.41) is 17.7. The molecule has 5 N–H and O–H groups in total. The Hall–Kier alpha value is -4.48. The zero-order chi connectivity index (χ0) is 25.9. The lowest BCUT2D eigenvalue weighted by Gasteiger charge is -2.18. The van der Waals surface area contributed by atoms with Crippen molar-refractivity contribution in [3.8, 4) is 16.8 Å². The van der Waals surface area contributed by atoms with Crippen molar-refractivity contribution in [2.75, 3.05) is 17.2 Å². The summed E-state index contributed by atoms with van der Waals surface area (Å²) >= 11 is 0. The summed E-state index contributed by atoms with van der Waals surface area (Å²) in [6.45, 7) is 2.33. The maximum absolute atomic E-state index is 13.8. The van der Waals surface area contributed by atoms with Gasteiger partial charge in [0, 0.05) is 23.2 Å². The number of aromatic amines is 1. The smallest absolute Gasteiger partial charge is 0.277 e. The number of anilines is 2. The highest BCUT2D eigenvalue weighted by atomic mass is 32.2. The molecule has 0 atom stereocenters. The van der Waals surface area contributed by atoms with Crippen molar-refractivity contribution in [2.24, 2.45) is 5.14 Å². The third kappa shape index (κ3) is 3.85. The van der Waals surface area contributed by atoms with Gasteiger partial charge in [0.15, 0.2) is 5.82 Å². The van der Waals surface area contributed by atoms with Gasteiger partial charge < -0.3 is 10.6 Å². The first-order valence-corrected chi connectivity index (χ1v) is 13.1. The van der Waals surface area contributed by atoms with Gasteiger partial charge in [-0.25, -0.2) is 18.2 Å². The van der Waals surface area contributed by atoms with Gasteiger partial charge in [0.25, 0.3) is 5.91 Å². The highest BCUT2D eigenvalue weighted by Gasteiger charge is 2.29. The van der Waals surface area contributed by atoms with Crippen LogP contribution < -0.4 is 15.8 Å². The summed E-state index contributed by atoms with van der Waals surface area (Å²) in [5.74, 6) is 0.194. The lowest BCUT2D eigenvalue weighted by Crippen LogP contribution is -2.30. The van der Waals surface area contributed by atoms with Crippen LogP contribution in [-0.2, 0) is 16.4 Å². The van der Waals surface area contributed by atoms with E-state index < -0.39 is 10.0 Å². The first-order valence-electron chi connectivity index (χ1n) is 11.6. The summed E-state index contributed by atoms with van der Waals surface area (Å²) in [6.07, 6.45) is 0.636. The molecule has 0 bridgehead atoms. The van der Waals surface area contributed by atoms with Crippen LogP contribution in [0.5, 0.6) is 0 Å². The second-order valence-corrected chi connectivity index (χ2v) is 10.5. The Morgan fingerprint density at radius 2 is 1.86 bits per heavy atom. The van der Waals surface area contributed by atoms with Crippen LogP contribution in [0.15, 0.2) is 71.6 Å². The van der Waals surface area contributed by atoms with Crippen LogP contribution in [0.25, 0.3) is 27.7 Å². The third-order valence-corrected chi connectivity index (χ3v) is 7.56. The van der Waals surface area contributed by atoms with E-state index in [1.807, 2.05) is 43.3 Å². The molecule has 186 valence electrons. The Balaban J connectivity index is 1.37.